The van der Waals surface area contributed by atoms with Crippen molar-refractivity contribution in [1.29, 1.82) is 0 Å². The minimum absolute atomic E-state index is 0. The number of nitrogens with two attached hydrogens (primary N) is 1. The van der Waals surface area contributed by atoms with E-state index in [-0.39, 0.29) is 36.9 Å². The van der Waals surface area contributed by atoms with Gasteiger partial charge >= 0.3 is 0 Å². The number of carbonyl (C=O) groups excluding carboxylic acids is 2. The van der Waals surface area contributed by atoms with E-state index < -0.39 is 5.54 Å². The lowest BCUT2D eigenvalue weighted by atomic mass is 9.98. The molecule has 0 aromatic heterocycles. The van der Waals surface area contributed by atoms with E-state index >= 15 is 0 Å². The summed E-state index contributed by atoms with van der Waals surface area (Å²) in [6.45, 7) is -0.0922. The highest BCUT2D eigenvalue weighted by molar-refractivity contribution is 5.98. The van der Waals surface area contributed by atoms with Crippen molar-refractivity contribution in [1.82, 2.24) is 5.32 Å². The van der Waals surface area contributed by atoms with Crippen LogP contribution in [-0.4, -0.2) is 37.1 Å². The molecule has 0 spiro atoms. The highest BCUT2D eigenvalue weighted by atomic mass is 35.5. The van der Waals surface area contributed by atoms with Gasteiger partial charge in [0.1, 0.15) is 0 Å². The molecule has 3 rings (SSSR count). The maximum atomic E-state index is 12.4. The fourth-order valence-electron chi connectivity index (χ4n) is 3.00. The van der Waals surface area contributed by atoms with Crippen LogP contribution >= 0.6 is 12.4 Å². The Bertz CT molecular complexity index is 658. The summed E-state index contributed by atoms with van der Waals surface area (Å²) in [7, 11) is 1.53. The predicted octanol–water partition coefficient (Wildman–Crippen LogP) is 1.98. The zero-order valence-electron chi connectivity index (χ0n) is 14.9. The standard InChI is InChI=1S/C18H25N3O4.ClH/c1-24-14-7-6-13(21-17(23)18(19)8-2-3-9-18)10-15(14)25-11-16(22)20-12-4-5-12;/h6-7,10,12H,2-5,8-9,11,19H2,1H3,(H,20,22)(H,21,23);1H. The molecule has 0 unspecified atom stereocenters. The van der Waals surface area contributed by atoms with E-state index in [1.165, 1.54) is 7.11 Å². The van der Waals surface area contributed by atoms with Crippen LogP contribution in [0.3, 0.4) is 0 Å². The van der Waals surface area contributed by atoms with Crippen molar-refractivity contribution >= 4 is 29.9 Å². The van der Waals surface area contributed by atoms with Crippen molar-refractivity contribution in [2.45, 2.75) is 50.1 Å². The molecule has 26 heavy (non-hydrogen) atoms. The first-order chi connectivity index (χ1) is 12.0. The largest absolute Gasteiger partial charge is 0.493 e. The monoisotopic (exact) mass is 383 g/mol. The Labute approximate surface area is 159 Å². The Hall–Kier alpha value is -1.99. The Morgan fingerprint density at radius 1 is 1.23 bits per heavy atom. The maximum Gasteiger partial charge on any atom is 0.258 e. The smallest absolute Gasteiger partial charge is 0.258 e. The van der Waals surface area contributed by atoms with E-state index in [1.54, 1.807) is 18.2 Å². The van der Waals surface area contributed by atoms with E-state index in [9.17, 15) is 9.59 Å². The van der Waals surface area contributed by atoms with Crippen LogP contribution in [0.15, 0.2) is 18.2 Å². The SMILES string of the molecule is COc1ccc(NC(=O)C2(N)CCCC2)cc1OCC(=O)NC1CC1.Cl. The minimum atomic E-state index is -0.800. The topological polar surface area (TPSA) is 103 Å². The summed E-state index contributed by atoms with van der Waals surface area (Å²) in [5, 5.41) is 5.71. The van der Waals surface area contributed by atoms with Gasteiger partial charge in [0.25, 0.3) is 5.91 Å². The number of ether oxygens (including phenoxy) is 2. The fourth-order valence-corrected chi connectivity index (χ4v) is 3.00. The third-order valence-corrected chi connectivity index (χ3v) is 4.67. The normalized spacial score (nSPS) is 17.8. The molecule has 0 atom stereocenters. The van der Waals surface area contributed by atoms with E-state index in [2.05, 4.69) is 10.6 Å². The van der Waals surface area contributed by atoms with Gasteiger partial charge in [-0.2, -0.15) is 0 Å². The minimum Gasteiger partial charge on any atom is -0.493 e. The van der Waals surface area contributed by atoms with Crippen LogP contribution in [0.2, 0.25) is 0 Å². The number of anilines is 1. The van der Waals surface area contributed by atoms with Crippen molar-refractivity contribution in [3.05, 3.63) is 18.2 Å². The maximum absolute atomic E-state index is 12.4. The molecule has 4 N–H and O–H groups in total. The Balaban J connectivity index is 0.00000243. The second-order valence-electron chi connectivity index (χ2n) is 6.81. The van der Waals surface area contributed by atoms with Gasteiger partial charge in [-0.1, -0.05) is 12.8 Å². The molecule has 0 bridgehead atoms. The Morgan fingerprint density at radius 2 is 1.92 bits per heavy atom. The summed E-state index contributed by atoms with van der Waals surface area (Å²) in [5.41, 5.74) is 5.94. The van der Waals surface area contributed by atoms with Gasteiger partial charge < -0.3 is 25.8 Å². The molecule has 0 saturated heterocycles. The summed E-state index contributed by atoms with van der Waals surface area (Å²) in [6.07, 6.45) is 5.38. The summed E-state index contributed by atoms with van der Waals surface area (Å²) in [5.74, 6) is 0.558. The highest BCUT2D eigenvalue weighted by Crippen LogP contribution is 2.32. The number of amides is 2. The van der Waals surface area contributed by atoms with Gasteiger partial charge in [-0.15, -0.1) is 12.4 Å². The van der Waals surface area contributed by atoms with Gasteiger partial charge in [-0.05, 0) is 37.8 Å². The number of hydrogen-bond donors (Lipinski definition) is 3. The summed E-state index contributed by atoms with van der Waals surface area (Å²) in [4.78, 5) is 24.2. The lowest BCUT2D eigenvalue weighted by molar-refractivity contribution is -0.123. The molecule has 2 aliphatic carbocycles. The lowest BCUT2D eigenvalue weighted by Gasteiger charge is -2.22. The number of methoxy groups -OCH3 is 1. The van der Waals surface area contributed by atoms with Gasteiger partial charge in [-0.25, -0.2) is 0 Å². The second-order valence-corrected chi connectivity index (χ2v) is 6.81. The molecule has 2 amide bonds. The van der Waals surface area contributed by atoms with Gasteiger partial charge in [-0.3, -0.25) is 9.59 Å². The number of benzene rings is 1. The number of rotatable bonds is 7. The molecule has 2 fully saturated rings. The van der Waals surface area contributed by atoms with Crippen LogP contribution in [0.5, 0.6) is 11.5 Å². The van der Waals surface area contributed by atoms with Gasteiger partial charge in [0, 0.05) is 17.8 Å². The molecule has 0 aliphatic heterocycles. The zero-order chi connectivity index (χ0) is 17.9. The van der Waals surface area contributed by atoms with Gasteiger partial charge in [0.2, 0.25) is 5.91 Å². The molecular formula is C18H26ClN3O4. The quantitative estimate of drug-likeness (QED) is 0.668. The first-order valence-corrected chi connectivity index (χ1v) is 8.71. The van der Waals surface area contributed by atoms with Crippen molar-refractivity contribution in [2.24, 2.45) is 5.73 Å². The Kier molecular flexibility index (Phi) is 6.72. The Morgan fingerprint density at radius 3 is 2.54 bits per heavy atom. The van der Waals surface area contributed by atoms with Crippen molar-refractivity contribution in [3.8, 4) is 11.5 Å². The predicted molar refractivity (Wildman–Crippen MR) is 101 cm³/mol. The molecule has 0 radical (unpaired) electrons. The fraction of sp³-hybridized carbons (Fsp3) is 0.556. The van der Waals surface area contributed by atoms with Crippen molar-refractivity contribution in [2.75, 3.05) is 19.0 Å². The van der Waals surface area contributed by atoms with Crippen LogP contribution < -0.4 is 25.8 Å². The van der Waals surface area contributed by atoms with E-state index in [1.807, 2.05) is 0 Å². The molecule has 2 aliphatic rings. The number of nitrogens with one attached hydrogen (secondary N) is 2. The number of carbonyl (C=O) groups is 2. The highest BCUT2D eigenvalue weighted by Gasteiger charge is 2.37. The molecule has 1 aromatic carbocycles. The van der Waals surface area contributed by atoms with Crippen LogP contribution in [0.25, 0.3) is 0 Å². The van der Waals surface area contributed by atoms with Crippen molar-refractivity contribution < 1.29 is 19.1 Å². The third-order valence-electron chi connectivity index (χ3n) is 4.67. The molecule has 7 nitrogen and oxygen atoms in total. The van der Waals surface area contributed by atoms with Gasteiger partial charge in [0.15, 0.2) is 18.1 Å². The molecular weight excluding hydrogens is 358 g/mol. The van der Waals surface area contributed by atoms with E-state index in [0.717, 1.165) is 25.7 Å². The number of halogens is 1. The molecule has 0 heterocycles. The van der Waals surface area contributed by atoms with Crippen molar-refractivity contribution in [3.63, 3.8) is 0 Å². The average molecular weight is 384 g/mol. The zero-order valence-corrected chi connectivity index (χ0v) is 15.7. The summed E-state index contributed by atoms with van der Waals surface area (Å²) in [6, 6.07) is 5.36. The third kappa shape index (κ3) is 5.02. The summed E-state index contributed by atoms with van der Waals surface area (Å²) < 4.78 is 10.8. The average Bonchev–Trinajstić information content (AvgIpc) is 3.30. The molecule has 2 saturated carbocycles. The van der Waals surface area contributed by atoms with E-state index in [4.69, 9.17) is 15.2 Å². The first-order valence-electron chi connectivity index (χ1n) is 8.71. The van der Waals surface area contributed by atoms with Crippen LogP contribution in [0.1, 0.15) is 38.5 Å². The second kappa shape index (κ2) is 8.60. The lowest BCUT2D eigenvalue weighted by Crippen LogP contribution is -2.48. The van der Waals surface area contributed by atoms with Crippen LogP contribution in [-0.2, 0) is 9.59 Å². The summed E-state index contributed by atoms with van der Waals surface area (Å²) >= 11 is 0. The van der Waals surface area contributed by atoms with Crippen LogP contribution in [0.4, 0.5) is 5.69 Å². The van der Waals surface area contributed by atoms with E-state index in [0.29, 0.717) is 30.0 Å². The molecule has 144 valence electrons. The van der Waals surface area contributed by atoms with Gasteiger partial charge in [0.05, 0.1) is 12.6 Å². The molecule has 8 heteroatoms. The molecule has 1 aromatic rings. The number of hydrogen-bond acceptors (Lipinski definition) is 5. The van der Waals surface area contributed by atoms with Crippen LogP contribution in [0, 0.1) is 0 Å². The first kappa shape index (κ1) is 20.3.